The first-order valence-corrected chi connectivity index (χ1v) is 8.13. The Morgan fingerprint density at radius 1 is 1.18 bits per heavy atom. The molecule has 0 atom stereocenters. The van der Waals surface area contributed by atoms with Crippen LogP contribution in [0.1, 0.15) is 26.5 Å². The Hall–Kier alpha value is -2.91. The third-order valence-electron chi connectivity index (χ3n) is 3.49. The zero-order chi connectivity index (χ0) is 21.3. The summed E-state index contributed by atoms with van der Waals surface area (Å²) in [6.07, 6.45) is -3.52. The van der Waals surface area contributed by atoms with Crippen molar-refractivity contribution in [1.29, 1.82) is 0 Å². The van der Waals surface area contributed by atoms with Crippen molar-refractivity contribution in [3.8, 4) is 11.3 Å². The lowest BCUT2D eigenvalue weighted by atomic mass is 10.1. The van der Waals surface area contributed by atoms with E-state index in [0.717, 1.165) is 35.0 Å². The molecule has 0 spiro atoms. The van der Waals surface area contributed by atoms with Crippen molar-refractivity contribution >= 4 is 11.8 Å². The van der Waals surface area contributed by atoms with Crippen LogP contribution in [0.25, 0.3) is 11.3 Å². The van der Waals surface area contributed by atoms with Crippen molar-refractivity contribution in [3.05, 3.63) is 42.1 Å². The van der Waals surface area contributed by atoms with Gasteiger partial charge in [0.2, 0.25) is 6.20 Å². The molecule has 2 aromatic rings. The number of alkyl halides is 3. The summed E-state index contributed by atoms with van der Waals surface area (Å²) in [7, 11) is 2.43. The van der Waals surface area contributed by atoms with Crippen LogP contribution < -0.4 is 14.5 Å². The van der Waals surface area contributed by atoms with Crippen LogP contribution >= 0.6 is 0 Å². The summed E-state index contributed by atoms with van der Waals surface area (Å²) >= 11 is 0. The Balaban J connectivity index is 2.53. The van der Waals surface area contributed by atoms with Crippen LogP contribution in [0.4, 0.5) is 28.0 Å². The summed E-state index contributed by atoms with van der Waals surface area (Å²) < 4.78 is 60.5. The van der Waals surface area contributed by atoms with Crippen molar-refractivity contribution in [2.24, 2.45) is 0 Å². The molecule has 0 bridgehead atoms. The third kappa shape index (κ3) is 5.08. The number of carbonyl (C=O) groups excluding carboxylic acids is 1. The number of hydrogen-bond acceptors (Lipinski definition) is 4. The molecule has 28 heavy (non-hydrogen) atoms. The van der Waals surface area contributed by atoms with Gasteiger partial charge in [-0.25, -0.2) is 14.2 Å². The van der Waals surface area contributed by atoms with Crippen molar-refractivity contribution in [3.63, 3.8) is 0 Å². The quantitative estimate of drug-likeness (QED) is 0.581. The Labute approximate surface area is 159 Å². The maximum atomic E-state index is 13.7. The summed E-state index contributed by atoms with van der Waals surface area (Å²) in [6.45, 7) is 4.79. The molecule has 0 N–H and O–H groups in total. The third-order valence-corrected chi connectivity index (χ3v) is 3.49. The highest BCUT2D eigenvalue weighted by Crippen LogP contribution is 2.36. The number of anilines is 1. The molecule has 2 aromatic heterocycles. The maximum absolute atomic E-state index is 13.7. The predicted octanol–water partition coefficient (Wildman–Crippen LogP) is 3.62. The number of pyridine rings is 2. The minimum absolute atomic E-state index is 0.0684. The molecule has 0 aliphatic carbocycles. The molecule has 1 amide bonds. The summed E-state index contributed by atoms with van der Waals surface area (Å²) in [5, 5.41) is 0. The number of nitrogens with zero attached hydrogens (tertiary/aromatic N) is 3. The molecule has 10 heteroatoms. The first kappa shape index (κ1) is 21.4. The van der Waals surface area contributed by atoms with E-state index in [2.05, 4.69) is 4.98 Å². The molecule has 152 valence electrons. The molecule has 0 aromatic carbocycles. The molecule has 6 nitrogen and oxygen atoms in total. The maximum Gasteiger partial charge on any atom is 0.435 e. The monoisotopic (exact) mass is 402 g/mol. The largest absolute Gasteiger partial charge is 0.443 e. The van der Waals surface area contributed by atoms with E-state index in [1.54, 1.807) is 20.8 Å². The smallest absolute Gasteiger partial charge is 0.435 e. The van der Waals surface area contributed by atoms with Crippen LogP contribution in [-0.2, 0) is 10.9 Å². The molecule has 2 heterocycles. The van der Waals surface area contributed by atoms with Crippen molar-refractivity contribution in [2.45, 2.75) is 32.5 Å². The average molecular weight is 402 g/mol. The number of aromatic nitrogens is 2. The molecule has 2 rings (SSSR count). The second kappa shape index (κ2) is 7.61. The minimum Gasteiger partial charge on any atom is -0.443 e. The van der Waals surface area contributed by atoms with Gasteiger partial charge in [-0.05, 0) is 39.0 Å². The Bertz CT molecular complexity index is 879. The second-order valence-electron chi connectivity index (χ2n) is 6.89. The SMILES string of the molecule is CO[n+]1cc(F)cc(-c2ccc(N(C)C(=O)OC(C)(C)C)c(C(F)(F)F)n2)c1. The highest BCUT2D eigenvalue weighted by Gasteiger charge is 2.38. The molecule has 0 aliphatic rings. The summed E-state index contributed by atoms with van der Waals surface area (Å²) in [4.78, 5) is 21.4. The molecule has 0 fully saturated rings. The van der Waals surface area contributed by atoms with E-state index in [-0.39, 0.29) is 11.3 Å². The molecular formula is C18H20F4N3O3+. The molecular weight excluding hydrogens is 382 g/mol. The van der Waals surface area contributed by atoms with Gasteiger partial charge in [0.25, 0.3) is 6.20 Å². The van der Waals surface area contributed by atoms with Gasteiger partial charge >= 0.3 is 12.3 Å². The Morgan fingerprint density at radius 3 is 2.36 bits per heavy atom. The highest BCUT2D eigenvalue weighted by atomic mass is 19.4. The molecule has 0 aliphatic heterocycles. The molecule has 0 unspecified atom stereocenters. The van der Waals surface area contributed by atoms with Gasteiger partial charge in [-0.15, -0.1) is 0 Å². The lowest BCUT2D eigenvalue weighted by Crippen LogP contribution is -2.40. The topological polar surface area (TPSA) is 55.5 Å². The fourth-order valence-electron chi connectivity index (χ4n) is 2.29. The van der Waals surface area contributed by atoms with E-state index < -0.39 is 35.1 Å². The zero-order valence-electron chi connectivity index (χ0n) is 16.0. The Kier molecular flexibility index (Phi) is 5.81. The van der Waals surface area contributed by atoms with Crippen LogP contribution in [0, 0.1) is 5.82 Å². The average Bonchev–Trinajstić information content (AvgIpc) is 2.57. The van der Waals surface area contributed by atoms with Crippen LogP contribution in [0.5, 0.6) is 0 Å². The number of halogens is 4. The first-order chi connectivity index (χ1) is 12.8. The number of hydrogen-bond donors (Lipinski definition) is 0. The van der Waals surface area contributed by atoms with Crippen LogP contribution in [-0.4, -0.2) is 30.8 Å². The molecule has 0 saturated heterocycles. The standard InChI is InChI=1S/C18H20F4N3O3/c1-17(2,3)28-16(26)24(4)14-7-6-13(23-15(14)18(20,21)22)11-8-12(19)10-25(9-11)27-5/h6-10H,1-5H3/q+1. The van der Waals surface area contributed by atoms with E-state index in [1.807, 2.05) is 0 Å². The van der Waals surface area contributed by atoms with Gasteiger partial charge in [-0.1, -0.05) is 0 Å². The second-order valence-corrected chi connectivity index (χ2v) is 6.89. The van der Waals surface area contributed by atoms with Gasteiger partial charge in [0.15, 0.2) is 11.5 Å². The highest BCUT2D eigenvalue weighted by molar-refractivity contribution is 5.88. The number of ether oxygens (including phenoxy) is 1. The summed E-state index contributed by atoms with van der Waals surface area (Å²) in [5.41, 5.74) is -2.74. The summed E-state index contributed by atoms with van der Waals surface area (Å²) in [6, 6.07) is 3.35. The van der Waals surface area contributed by atoms with E-state index in [0.29, 0.717) is 0 Å². The van der Waals surface area contributed by atoms with Gasteiger partial charge in [0, 0.05) is 11.8 Å². The first-order valence-electron chi connectivity index (χ1n) is 8.13. The van der Waals surface area contributed by atoms with Crippen molar-refractivity contribution in [1.82, 2.24) is 4.98 Å². The van der Waals surface area contributed by atoms with Crippen LogP contribution in [0.2, 0.25) is 0 Å². The molecule has 0 saturated carbocycles. The van der Waals surface area contributed by atoms with E-state index >= 15 is 0 Å². The number of amides is 1. The van der Waals surface area contributed by atoms with Gasteiger partial charge in [0.1, 0.15) is 12.7 Å². The molecule has 0 radical (unpaired) electrons. The fourth-order valence-corrected chi connectivity index (χ4v) is 2.29. The van der Waals surface area contributed by atoms with E-state index in [1.165, 1.54) is 19.4 Å². The lowest BCUT2D eigenvalue weighted by Gasteiger charge is -2.26. The summed E-state index contributed by atoms with van der Waals surface area (Å²) in [5.74, 6) is -0.718. The van der Waals surface area contributed by atoms with Crippen LogP contribution in [0.15, 0.2) is 30.6 Å². The zero-order valence-corrected chi connectivity index (χ0v) is 16.0. The van der Waals surface area contributed by atoms with Crippen molar-refractivity contribution in [2.75, 3.05) is 19.1 Å². The van der Waals surface area contributed by atoms with E-state index in [9.17, 15) is 22.4 Å². The lowest BCUT2D eigenvalue weighted by molar-refractivity contribution is -0.886. The van der Waals surface area contributed by atoms with Crippen LogP contribution in [0.3, 0.4) is 0 Å². The van der Waals surface area contributed by atoms with Gasteiger partial charge < -0.3 is 4.74 Å². The van der Waals surface area contributed by atoms with Gasteiger partial charge in [0.05, 0.1) is 16.9 Å². The minimum atomic E-state index is -4.85. The predicted molar refractivity (Wildman–Crippen MR) is 92.0 cm³/mol. The number of carbonyl (C=O) groups is 1. The van der Waals surface area contributed by atoms with Gasteiger partial charge in [-0.2, -0.15) is 13.2 Å². The Morgan fingerprint density at radius 2 is 1.82 bits per heavy atom. The normalized spacial score (nSPS) is 11.9. The fraction of sp³-hybridized carbons (Fsp3) is 0.389. The van der Waals surface area contributed by atoms with E-state index in [4.69, 9.17) is 9.57 Å². The number of rotatable bonds is 3. The van der Waals surface area contributed by atoms with Crippen molar-refractivity contribution < 1.29 is 36.7 Å². The van der Waals surface area contributed by atoms with Gasteiger partial charge in [-0.3, -0.25) is 9.74 Å².